The number of nitrogens with one attached hydrogen (secondary N) is 2. The second-order valence-electron chi connectivity index (χ2n) is 3.77. The monoisotopic (exact) mass is 208 g/mol. The predicted octanol–water partition coefficient (Wildman–Crippen LogP) is 0.202. The molecule has 1 rings (SSSR count). The SMILES string of the molecule is OC(CNCC1CCCNC1)C(F)F. The highest BCUT2D eigenvalue weighted by Gasteiger charge is 2.17. The van der Waals surface area contributed by atoms with Crippen molar-refractivity contribution in [3.05, 3.63) is 0 Å². The molecule has 0 bridgehead atoms. The quantitative estimate of drug-likeness (QED) is 0.605. The summed E-state index contributed by atoms with van der Waals surface area (Å²) in [6, 6.07) is 0. The van der Waals surface area contributed by atoms with Crippen molar-refractivity contribution >= 4 is 0 Å². The Labute approximate surface area is 82.9 Å². The maximum atomic E-state index is 11.9. The van der Waals surface area contributed by atoms with Gasteiger partial charge in [0, 0.05) is 6.54 Å². The average molecular weight is 208 g/mol. The van der Waals surface area contributed by atoms with Gasteiger partial charge in [0.25, 0.3) is 6.43 Å². The van der Waals surface area contributed by atoms with Crippen LogP contribution in [0.25, 0.3) is 0 Å². The van der Waals surface area contributed by atoms with Crippen molar-refractivity contribution in [2.45, 2.75) is 25.4 Å². The van der Waals surface area contributed by atoms with Crippen molar-refractivity contribution in [3.63, 3.8) is 0 Å². The third-order valence-corrected chi connectivity index (χ3v) is 2.48. The lowest BCUT2D eigenvalue weighted by Crippen LogP contribution is -2.39. The van der Waals surface area contributed by atoms with Gasteiger partial charge in [-0.05, 0) is 38.4 Å². The zero-order valence-corrected chi connectivity index (χ0v) is 8.18. The molecule has 2 atom stereocenters. The first-order valence-corrected chi connectivity index (χ1v) is 5.08. The lowest BCUT2D eigenvalue weighted by Gasteiger charge is -2.23. The Kier molecular flexibility index (Phi) is 5.29. The summed E-state index contributed by atoms with van der Waals surface area (Å²) in [4.78, 5) is 0. The summed E-state index contributed by atoms with van der Waals surface area (Å²) < 4.78 is 23.8. The van der Waals surface area contributed by atoms with Gasteiger partial charge in [0.05, 0.1) is 0 Å². The van der Waals surface area contributed by atoms with E-state index in [0.29, 0.717) is 12.5 Å². The van der Waals surface area contributed by atoms with Crippen LogP contribution in [0.15, 0.2) is 0 Å². The van der Waals surface area contributed by atoms with E-state index in [4.69, 9.17) is 5.11 Å². The van der Waals surface area contributed by atoms with Crippen LogP contribution < -0.4 is 10.6 Å². The van der Waals surface area contributed by atoms with E-state index in [1.165, 1.54) is 0 Å². The van der Waals surface area contributed by atoms with Crippen molar-refractivity contribution in [1.82, 2.24) is 10.6 Å². The maximum Gasteiger partial charge on any atom is 0.265 e. The molecule has 1 heterocycles. The lowest BCUT2D eigenvalue weighted by atomic mass is 10.00. The highest BCUT2D eigenvalue weighted by atomic mass is 19.3. The van der Waals surface area contributed by atoms with Gasteiger partial charge in [0.15, 0.2) is 0 Å². The second-order valence-corrected chi connectivity index (χ2v) is 3.77. The zero-order chi connectivity index (χ0) is 10.4. The van der Waals surface area contributed by atoms with Crippen LogP contribution in [0.5, 0.6) is 0 Å². The maximum absolute atomic E-state index is 11.9. The van der Waals surface area contributed by atoms with Gasteiger partial charge in [0.1, 0.15) is 6.10 Å². The minimum absolute atomic E-state index is 0.0197. The van der Waals surface area contributed by atoms with Crippen molar-refractivity contribution < 1.29 is 13.9 Å². The molecule has 3 N–H and O–H groups in total. The van der Waals surface area contributed by atoms with Crippen molar-refractivity contribution in [2.75, 3.05) is 26.2 Å². The Morgan fingerprint density at radius 2 is 2.29 bits per heavy atom. The van der Waals surface area contributed by atoms with E-state index in [-0.39, 0.29) is 6.54 Å². The summed E-state index contributed by atoms with van der Waals surface area (Å²) in [7, 11) is 0. The molecule has 0 aromatic rings. The third kappa shape index (κ3) is 4.30. The van der Waals surface area contributed by atoms with E-state index in [1.807, 2.05) is 0 Å². The van der Waals surface area contributed by atoms with Crippen LogP contribution in [0, 0.1) is 5.92 Å². The second kappa shape index (κ2) is 6.27. The summed E-state index contributed by atoms with van der Waals surface area (Å²) in [6.07, 6.45) is -1.91. The molecule has 1 aliphatic rings. The minimum atomic E-state index is -2.65. The van der Waals surface area contributed by atoms with Crippen LogP contribution in [0.2, 0.25) is 0 Å². The van der Waals surface area contributed by atoms with E-state index >= 15 is 0 Å². The molecule has 0 aromatic heterocycles. The average Bonchev–Trinajstić information content (AvgIpc) is 2.19. The van der Waals surface area contributed by atoms with Gasteiger partial charge in [-0.3, -0.25) is 0 Å². The smallest absolute Gasteiger partial charge is 0.265 e. The van der Waals surface area contributed by atoms with Gasteiger partial charge < -0.3 is 15.7 Å². The first kappa shape index (κ1) is 11.8. The number of halogens is 2. The van der Waals surface area contributed by atoms with Gasteiger partial charge >= 0.3 is 0 Å². The minimum Gasteiger partial charge on any atom is -0.386 e. The van der Waals surface area contributed by atoms with E-state index < -0.39 is 12.5 Å². The molecule has 1 fully saturated rings. The van der Waals surface area contributed by atoms with Gasteiger partial charge in [-0.15, -0.1) is 0 Å². The molecule has 0 saturated carbocycles. The molecule has 84 valence electrons. The number of piperidine rings is 1. The first-order chi connectivity index (χ1) is 6.70. The van der Waals surface area contributed by atoms with Crippen LogP contribution in [0.4, 0.5) is 8.78 Å². The topological polar surface area (TPSA) is 44.3 Å². The normalized spacial score (nSPS) is 25.3. The van der Waals surface area contributed by atoms with E-state index in [0.717, 1.165) is 25.9 Å². The fourth-order valence-electron chi connectivity index (χ4n) is 1.62. The molecule has 0 spiro atoms. The molecular formula is C9H18F2N2O. The van der Waals surface area contributed by atoms with Gasteiger partial charge in [-0.1, -0.05) is 0 Å². The fraction of sp³-hybridized carbons (Fsp3) is 1.00. The van der Waals surface area contributed by atoms with Gasteiger partial charge in [0.2, 0.25) is 0 Å². The van der Waals surface area contributed by atoms with E-state index in [1.54, 1.807) is 0 Å². The highest BCUT2D eigenvalue weighted by Crippen LogP contribution is 2.08. The summed E-state index contributed by atoms with van der Waals surface area (Å²) >= 11 is 0. The number of hydrogen-bond acceptors (Lipinski definition) is 3. The van der Waals surface area contributed by atoms with Crippen LogP contribution in [-0.2, 0) is 0 Å². The lowest BCUT2D eigenvalue weighted by molar-refractivity contribution is -0.00370. The van der Waals surface area contributed by atoms with Crippen molar-refractivity contribution in [1.29, 1.82) is 0 Å². The Morgan fingerprint density at radius 3 is 2.86 bits per heavy atom. The Hall–Kier alpha value is -0.260. The number of rotatable bonds is 5. The van der Waals surface area contributed by atoms with Gasteiger partial charge in [-0.25, -0.2) is 8.78 Å². The molecule has 0 amide bonds. The number of alkyl halides is 2. The standard InChI is InChI=1S/C9H18F2N2O/c10-9(11)8(14)6-13-5-7-2-1-3-12-4-7/h7-9,12-14H,1-6H2. The molecule has 0 radical (unpaired) electrons. The molecule has 1 saturated heterocycles. The summed E-state index contributed by atoms with van der Waals surface area (Å²) in [5, 5.41) is 14.9. The summed E-state index contributed by atoms with van der Waals surface area (Å²) in [5.41, 5.74) is 0. The summed E-state index contributed by atoms with van der Waals surface area (Å²) in [6.45, 7) is 2.68. The molecule has 0 aromatic carbocycles. The molecule has 3 nitrogen and oxygen atoms in total. The third-order valence-electron chi connectivity index (χ3n) is 2.48. The van der Waals surface area contributed by atoms with Crippen LogP contribution in [0.1, 0.15) is 12.8 Å². The Bertz CT molecular complexity index is 152. The fourth-order valence-corrected chi connectivity index (χ4v) is 1.62. The molecule has 14 heavy (non-hydrogen) atoms. The van der Waals surface area contributed by atoms with E-state index in [9.17, 15) is 8.78 Å². The molecule has 1 aliphatic heterocycles. The van der Waals surface area contributed by atoms with Crippen molar-refractivity contribution in [2.24, 2.45) is 5.92 Å². The number of hydrogen-bond donors (Lipinski definition) is 3. The first-order valence-electron chi connectivity index (χ1n) is 5.08. The largest absolute Gasteiger partial charge is 0.386 e. The summed E-state index contributed by atoms with van der Waals surface area (Å²) in [5.74, 6) is 0.508. The molecular weight excluding hydrogens is 190 g/mol. The van der Waals surface area contributed by atoms with E-state index in [2.05, 4.69) is 10.6 Å². The molecule has 0 aliphatic carbocycles. The van der Waals surface area contributed by atoms with Crippen LogP contribution in [0.3, 0.4) is 0 Å². The van der Waals surface area contributed by atoms with Gasteiger partial charge in [-0.2, -0.15) is 0 Å². The van der Waals surface area contributed by atoms with Crippen LogP contribution >= 0.6 is 0 Å². The molecule has 5 heteroatoms. The number of aliphatic hydroxyl groups is 1. The number of aliphatic hydroxyl groups excluding tert-OH is 1. The van der Waals surface area contributed by atoms with Crippen LogP contribution in [-0.4, -0.2) is 43.8 Å². The van der Waals surface area contributed by atoms with Crippen molar-refractivity contribution in [3.8, 4) is 0 Å². The zero-order valence-electron chi connectivity index (χ0n) is 8.18. The highest BCUT2D eigenvalue weighted by molar-refractivity contribution is 4.72. The predicted molar refractivity (Wildman–Crippen MR) is 50.5 cm³/mol. The Balaban J connectivity index is 2.02. The Morgan fingerprint density at radius 1 is 1.50 bits per heavy atom. The molecule has 2 unspecified atom stereocenters.